The topological polar surface area (TPSA) is 54.1 Å². The lowest BCUT2D eigenvalue weighted by Gasteiger charge is -2.30. The number of hydrogen-bond donors (Lipinski definition) is 2. The molecule has 2 aromatic carbocycles. The van der Waals surface area contributed by atoms with Crippen LogP contribution in [0, 0.1) is 5.82 Å². The molecule has 0 amide bonds. The highest BCUT2D eigenvalue weighted by Crippen LogP contribution is 2.36. The van der Waals surface area contributed by atoms with Crippen molar-refractivity contribution in [3.05, 3.63) is 70.1 Å². The number of hydrogen-bond acceptors (Lipinski definition) is 3. The van der Waals surface area contributed by atoms with E-state index in [0.717, 1.165) is 22.2 Å². The molecule has 0 saturated heterocycles. The lowest BCUT2D eigenvalue weighted by atomic mass is 9.90. The number of benzene rings is 2. The molecular formula is C19H16ClFN2O2. The minimum atomic E-state index is -0.545. The maximum Gasteiger partial charge on any atom is 0.323 e. The van der Waals surface area contributed by atoms with E-state index in [1.165, 1.54) is 13.2 Å². The molecule has 0 spiro atoms. The van der Waals surface area contributed by atoms with E-state index < -0.39 is 17.9 Å². The predicted octanol–water partition coefficient (Wildman–Crippen LogP) is 3.74. The van der Waals surface area contributed by atoms with Crippen molar-refractivity contribution < 1.29 is 13.9 Å². The van der Waals surface area contributed by atoms with E-state index in [2.05, 4.69) is 10.3 Å². The van der Waals surface area contributed by atoms with Crippen LogP contribution >= 0.6 is 11.6 Å². The number of para-hydroxylation sites is 1. The van der Waals surface area contributed by atoms with Crippen molar-refractivity contribution in [3.63, 3.8) is 0 Å². The Hall–Kier alpha value is -2.37. The Labute approximate surface area is 148 Å². The summed E-state index contributed by atoms with van der Waals surface area (Å²) in [4.78, 5) is 15.5. The Morgan fingerprint density at radius 2 is 2.08 bits per heavy atom. The number of aromatic nitrogens is 1. The molecule has 2 N–H and O–H groups in total. The number of carbonyl (C=O) groups excluding carboxylic acids is 1. The summed E-state index contributed by atoms with van der Waals surface area (Å²) in [6.45, 7) is 0. The SMILES string of the molecule is COC(=O)[C@@H]1Cc2c([nH]c3ccccc23)[C@@H](c2ccc(Cl)cc2F)N1. The molecule has 0 fully saturated rings. The van der Waals surface area contributed by atoms with Crippen LogP contribution in [0.1, 0.15) is 22.9 Å². The van der Waals surface area contributed by atoms with Crippen molar-refractivity contribution >= 4 is 28.5 Å². The van der Waals surface area contributed by atoms with Crippen LogP contribution in [0.4, 0.5) is 4.39 Å². The molecule has 0 saturated carbocycles. The number of ether oxygens (including phenoxy) is 1. The van der Waals surface area contributed by atoms with Gasteiger partial charge < -0.3 is 9.72 Å². The van der Waals surface area contributed by atoms with Crippen molar-refractivity contribution in [2.75, 3.05) is 7.11 Å². The second-order valence-electron chi connectivity index (χ2n) is 6.11. The van der Waals surface area contributed by atoms with E-state index in [1.807, 2.05) is 24.3 Å². The Kier molecular flexibility index (Phi) is 3.98. The van der Waals surface area contributed by atoms with E-state index in [0.29, 0.717) is 17.0 Å². The summed E-state index contributed by atoms with van der Waals surface area (Å²) < 4.78 is 19.4. The van der Waals surface area contributed by atoms with Crippen LogP contribution in [0.2, 0.25) is 5.02 Å². The van der Waals surface area contributed by atoms with Crippen molar-refractivity contribution in [3.8, 4) is 0 Å². The van der Waals surface area contributed by atoms with Crippen LogP contribution in [0.5, 0.6) is 0 Å². The number of carbonyl (C=O) groups is 1. The highest BCUT2D eigenvalue weighted by atomic mass is 35.5. The van der Waals surface area contributed by atoms with Gasteiger partial charge in [-0.05, 0) is 23.8 Å². The minimum absolute atomic E-state index is 0.332. The maximum atomic E-state index is 14.5. The van der Waals surface area contributed by atoms with Gasteiger partial charge in [0.15, 0.2) is 0 Å². The Morgan fingerprint density at radius 1 is 1.28 bits per heavy atom. The fourth-order valence-corrected chi connectivity index (χ4v) is 3.67. The van der Waals surface area contributed by atoms with Crippen LogP contribution in [-0.2, 0) is 16.0 Å². The van der Waals surface area contributed by atoms with Crippen LogP contribution in [0.15, 0.2) is 42.5 Å². The summed E-state index contributed by atoms with van der Waals surface area (Å²) in [5.41, 5.74) is 3.26. The molecule has 2 atom stereocenters. The van der Waals surface area contributed by atoms with Gasteiger partial charge in [-0.3, -0.25) is 10.1 Å². The second-order valence-corrected chi connectivity index (χ2v) is 6.54. The fourth-order valence-electron chi connectivity index (χ4n) is 3.51. The van der Waals surface area contributed by atoms with Crippen LogP contribution in [0.25, 0.3) is 10.9 Å². The first-order valence-corrected chi connectivity index (χ1v) is 8.34. The molecule has 6 heteroatoms. The standard InChI is InChI=1S/C19H16ClFN2O2/c1-25-19(24)16-9-13-11-4-2-3-5-15(11)22-18(13)17(23-16)12-7-6-10(20)8-14(12)21/h2-8,16-17,22-23H,9H2,1H3/t16-,17+/m0/s1. The largest absolute Gasteiger partial charge is 0.468 e. The van der Waals surface area contributed by atoms with E-state index in [9.17, 15) is 9.18 Å². The van der Waals surface area contributed by atoms with Gasteiger partial charge in [0.1, 0.15) is 11.9 Å². The number of methoxy groups -OCH3 is 1. The minimum Gasteiger partial charge on any atom is -0.468 e. The number of esters is 1. The Bertz CT molecular complexity index is 969. The molecule has 3 aromatic rings. The van der Waals surface area contributed by atoms with Gasteiger partial charge in [0.25, 0.3) is 0 Å². The maximum absolute atomic E-state index is 14.5. The zero-order chi connectivity index (χ0) is 17.6. The van der Waals surface area contributed by atoms with E-state index in [-0.39, 0.29) is 5.97 Å². The van der Waals surface area contributed by atoms with Gasteiger partial charge in [0.2, 0.25) is 0 Å². The van der Waals surface area contributed by atoms with Crippen molar-refractivity contribution in [2.24, 2.45) is 0 Å². The summed E-state index contributed by atoms with van der Waals surface area (Å²) in [7, 11) is 1.35. The third-order valence-electron chi connectivity index (χ3n) is 4.67. The summed E-state index contributed by atoms with van der Waals surface area (Å²) in [6.07, 6.45) is 0.484. The second kappa shape index (κ2) is 6.17. The summed E-state index contributed by atoms with van der Waals surface area (Å²) in [6, 6.07) is 11.4. The molecule has 0 bridgehead atoms. The number of halogens is 2. The quantitative estimate of drug-likeness (QED) is 0.686. The Morgan fingerprint density at radius 3 is 2.84 bits per heavy atom. The van der Waals surface area contributed by atoms with Gasteiger partial charge in [-0.2, -0.15) is 0 Å². The number of fused-ring (bicyclic) bond motifs is 3. The van der Waals surface area contributed by atoms with Crippen LogP contribution in [0.3, 0.4) is 0 Å². The zero-order valence-corrected chi connectivity index (χ0v) is 14.2. The van der Waals surface area contributed by atoms with Gasteiger partial charge in [0, 0.05) is 33.6 Å². The summed E-state index contributed by atoms with van der Waals surface area (Å²) in [5, 5.41) is 4.58. The molecule has 0 radical (unpaired) electrons. The molecule has 4 nitrogen and oxygen atoms in total. The van der Waals surface area contributed by atoms with Gasteiger partial charge in [-0.15, -0.1) is 0 Å². The molecule has 1 aliphatic rings. The van der Waals surface area contributed by atoms with Crippen LogP contribution < -0.4 is 5.32 Å². The number of rotatable bonds is 2. The van der Waals surface area contributed by atoms with Gasteiger partial charge in [-0.1, -0.05) is 35.9 Å². The fraction of sp³-hybridized carbons (Fsp3) is 0.211. The van der Waals surface area contributed by atoms with Gasteiger partial charge >= 0.3 is 5.97 Å². The number of nitrogens with one attached hydrogen (secondary N) is 2. The highest BCUT2D eigenvalue weighted by Gasteiger charge is 2.35. The number of H-pyrrole nitrogens is 1. The molecule has 4 rings (SSSR count). The first-order chi connectivity index (χ1) is 12.1. The molecule has 1 aliphatic heterocycles. The van der Waals surface area contributed by atoms with Gasteiger partial charge in [0.05, 0.1) is 13.2 Å². The van der Waals surface area contributed by atoms with Crippen molar-refractivity contribution in [1.29, 1.82) is 0 Å². The van der Waals surface area contributed by atoms with E-state index >= 15 is 0 Å². The number of aromatic amines is 1. The lowest BCUT2D eigenvalue weighted by molar-refractivity contribution is -0.143. The van der Waals surface area contributed by atoms with Crippen molar-refractivity contribution in [1.82, 2.24) is 10.3 Å². The monoisotopic (exact) mass is 358 g/mol. The van der Waals surface area contributed by atoms with Gasteiger partial charge in [-0.25, -0.2) is 4.39 Å². The van der Waals surface area contributed by atoms with E-state index in [1.54, 1.807) is 12.1 Å². The molecule has 0 aliphatic carbocycles. The lowest BCUT2D eigenvalue weighted by Crippen LogP contribution is -2.45. The normalized spacial score (nSPS) is 19.6. The average molecular weight is 359 g/mol. The predicted molar refractivity (Wildman–Crippen MR) is 94.2 cm³/mol. The first-order valence-electron chi connectivity index (χ1n) is 7.97. The van der Waals surface area contributed by atoms with E-state index in [4.69, 9.17) is 16.3 Å². The highest BCUT2D eigenvalue weighted by molar-refractivity contribution is 6.30. The molecule has 0 unspecified atom stereocenters. The molecule has 1 aromatic heterocycles. The third kappa shape index (κ3) is 2.69. The Balaban J connectivity index is 1.90. The third-order valence-corrected chi connectivity index (χ3v) is 4.91. The zero-order valence-electron chi connectivity index (χ0n) is 13.5. The molecular weight excluding hydrogens is 343 g/mol. The first kappa shape index (κ1) is 16.1. The summed E-state index contributed by atoms with van der Waals surface area (Å²) >= 11 is 5.88. The molecule has 128 valence electrons. The average Bonchev–Trinajstić information content (AvgIpc) is 2.99. The van der Waals surface area contributed by atoms with Crippen molar-refractivity contribution in [2.45, 2.75) is 18.5 Å². The molecule has 25 heavy (non-hydrogen) atoms. The van der Waals surface area contributed by atoms with Crippen LogP contribution in [-0.4, -0.2) is 24.1 Å². The summed E-state index contributed by atoms with van der Waals surface area (Å²) in [5.74, 6) is -0.782. The smallest absolute Gasteiger partial charge is 0.323 e. The molecule has 2 heterocycles.